The van der Waals surface area contributed by atoms with E-state index in [1.807, 2.05) is 12.1 Å². The van der Waals surface area contributed by atoms with Crippen LogP contribution in [0.4, 0.5) is 0 Å². The van der Waals surface area contributed by atoms with Crippen LogP contribution in [-0.4, -0.2) is 37.6 Å². The minimum Gasteiger partial charge on any atom is -0.368 e. The molecule has 2 aromatic carbocycles. The number of primary amides is 1. The van der Waals surface area contributed by atoms with E-state index < -0.39 is 22.0 Å². The monoisotopic (exact) mass is 441 g/mol. The Morgan fingerprint density at radius 1 is 1.00 bits per heavy atom. The number of amides is 2. The number of fused-ring (bicyclic) bond motifs is 1. The number of aryl methyl sites for hydroxylation is 2. The van der Waals surface area contributed by atoms with E-state index in [-0.39, 0.29) is 24.9 Å². The summed E-state index contributed by atoms with van der Waals surface area (Å²) in [5.41, 5.74) is 8.46. The Morgan fingerprint density at radius 2 is 1.68 bits per heavy atom. The van der Waals surface area contributed by atoms with E-state index in [1.165, 1.54) is 9.87 Å². The summed E-state index contributed by atoms with van der Waals surface area (Å²) in [6.07, 6.45) is 3.79. The smallest absolute Gasteiger partial charge is 0.244 e. The zero-order valence-corrected chi connectivity index (χ0v) is 18.1. The fourth-order valence-corrected chi connectivity index (χ4v) is 5.96. The lowest BCUT2D eigenvalue weighted by Crippen LogP contribution is -2.45. The molecule has 3 N–H and O–H groups in total. The van der Waals surface area contributed by atoms with Crippen LogP contribution < -0.4 is 11.1 Å². The molecule has 1 atom stereocenters. The van der Waals surface area contributed by atoms with E-state index in [2.05, 4.69) is 5.32 Å². The highest BCUT2D eigenvalue weighted by molar-refractivity contribution is 7.89. The fourth-order valence-electron chi connectivity index (χ4n) is 4.44. The van der Waals surface area contributed by atoms with Crippen LogP contribution in [0.5, 0.6) is 0 Å². The molecular formula is C23H27N3O4S. The summed E-state index contributed by atoms with van der Waals surface area (Å²) in [5, 5.41) is 2.73. The lowest BCUT2D eigenvalue weighted by molar-refractivity contribution is -0.130. The van der Waals surface area contributed by atoms with E-state index >= 15 is 0 Å². The molecule has 2 aromatic rings. The number of nitrogens with one attached hydrogen (secondary N) is 1. The number of nitrogens with two attached hydrogens (primary N) is 1. The van der Waals surface area contributed by atoms with Gasteiger partial charge in [-0.2, -0.15) is 4.31 Å². The standard InChI is InChI=1S/C23H27N3O4S/c24-22(27)21(17-5-2-1-3-6-17)25-23(28)18-11-13-26(14-12-18)31(29,30)20-10-9-16-7-4-8-19(16)15-20/h1-3,5-6,9-10,15,18,21H,4,7-8,11-14H2,(H2,24,27)(H,25,28). The van der Waals surface area contributed by atoms with Gasteiger partial charge in [-0.05, 0) is 60.9 Å². The maximum Gasteiger partial charge on any atom is 0.244 e. The number of rotatable bonds is 6. The second-order valence-corrected chi connectivity index (χ2v) is 10.2. The first-order valence-corrected chi connectivity index (χ1v) is 12.1. The predicted octanol–water partition coefficient (Wildman–Crippen LogP) is 1.92. The highest BCUT2D eigenvalue weighted by atomic mass is 32.2. The number of hydrogen-bond acceptors (Lipinski definition) is 4. The van der Waals surface area contributed by atoms with Gasteiger partial charge in [0.25, 0.3) is 0 Å². The van der Waals surface area contributed by atoms with Gasteiger partial charge in [-0.15, -0.1) is 0 Å². The van der Waals surface area contributed by atoms with Crippen LogP contribution in [0.2, 0.25) is 0 Å². The van der Waals surface area contributed by atoms with Crippen molar-refractivity contribution in [2.75, 3.05) is 13.1 Å². The Labute approximate surface area is 182 Å². The summed E-state index contributed by atoms with van der Waals surface area (Å²) in [6.45, 7) is 0.536. The highest BCUT2D eigenvalue weighted by Crippen LogP contribution is 2.29. The van der Waals surface area contributed by atoms with Gasteiger partial charge in [-0.25, -0.2) is 8.42 Å². The number of carbonyl (C=O) groups excluding carboxylic acids is 2. The number of nitrogens with zero attached hydrogens (tertiary/aromatic N) is 1. The van der Waals surface area contributed by atoms with Crippen LogP contribution in [0.3, 0.4) is 0 Å². The Morgan fingerprint density at radius 3 is 2.35 bits per heavy atom. The zero-order valence-electron chi connectivity index (χ0n) is 17.3. The number of benzene rings is 2. The molecule has 1 saturated heterocycles. The van der Waals surface area contributed by atoms with Crippen LogP contribution in [0.15, 0.2) is 53.4 Å². The van der Waals surface area contributed by atoms with E-state index in [1.54, 1.807) is 36.4 Å². The molecule has 7 nitrogen and oxygen atoms in total. The maximum atomic E-state index is 13.1. The van der Waals surface area contributed by atoms with Gasteiger partial charge in [-0.3, -0.25) is 9.59 Å². The van der Waals surface area contributed by atoms with Crippen molar-refractivity contribution >= 4 is 21.8 Å². The van der Waals surface area contributed by atoms with Crippen molar-refractivity contribution in [3.63, 3.8) is 0 Å². The molecule has 4 rings (SSSR count). The maximum absolute atomic E-state index is 13.1. The topological polar surface area (TPSA) is 110 Å². The Kier molecular flexibility index (Phi) is 6.11. The molecule has 1 aliphatic carbocycles. The molecule has 2 amide bonds. The molecule has 1 fully saturated rings. The molecule has 1 heterocycles. The van der Waals surface area contributed by atoms with E-state index in [9.17, 15) is 18.0 Å². The molecule has 31 heavy (non-hydrogen) atoms. The van der Waals surface area contributed by atoms with Gasteiger partial charge in [0.05, 0.1) is 4.90 Å². The quantitative estimate of drug-likeness (QED) is 0.714. The number of carbonyl (C=O) groups is 2. The van der Waals surface area contributed by atoms with Gasteiger partial charge < -0.3 is 11.1 Å². The first kappa shape index (κ1) is 21.5. The average molecular weight is 442 g/mol. The lowest BCUT2D eigenvalue weighted by Gasteiger charge is -2.31. The number of sulfonamides is 1. The summed E-state index contributed by atoms with van der Waals surface area (Å²) < 4.78 is 27.6. The molecule has 0 aromatic heterocycles. The minimum absolute atomic E-state index is 0.268. The number of piperidine rings is 1. The predicted molar refractivity (Wildman–Crippen MR) is 116 cm³/mol. The summed E-state index contributed by atoms with van der Waals surface area (Å²) in [5.74, 6) is -1.27. The Balaban J connectivity index is 1.40. The molecule has 0 bridgehead atoms. The third kappa shape index (κ3) is 4.50. The Hall–Kier alpha value is -2.71. The first-order chi connectivity index (χ1) is 14.9. The van der Waals surface area contributed by atoms with Gasteiger partial charge >= 0.3 is 0 Å². The zero-order chi connectivity index (χ0) is 22.0. The van der Waals surface area contributed by atoms with Crippen molar-refractivity contribution in [1.29, 1.82) is 0 Å². The van der Waals surface area contributed by atoms with Gasteiger partial charge in [0.2, 0.25) is 21.8 Å². The molecule has 0 spiro atoms. The van der Waals surface area contributed by atoms with Crippen molar-refractivity contribution < 1.29 is 18.0 Å². The average Bonchev–Trinajstić information content (AvgIpc) is 3.26. The van der Waals surface area contributed by atoms with Crippen molar-refractivity contribution in [3.05, 3.63) is 65.2 Å². The van der Waals surface area contributed by atoms with Gasteiger partial charge in [0, 0.05) is 19.0 Å². The number of hydrogen-bond donors (Lipinski definition) is 2. The van der Waals surface area contributed by atoms with Gasteiger partial charge in [0.15, 0.2) is 0 Å². The van der Waals surface area contributed by atoms with Crippen LogP contribution in [0.25, 0.3) is 0 Å². The summed E-state index contributed by atoms with van der Waals surface area (Å²) >= 11 is 0. The van der Waals surface area contributed by atoms with E-state index in [4.69, 9.17) is 5.73 Å². The molecule has 164 valence electrons. The summed E-state index contributed by atoms with van der Waals surface area (Å²) in [7, 11) is -3.58. The lowest BCUT2D eigenvalue weighted by atomic mass is 9.96. The van der Waals surface area contributed by atoms with Crippen LogP contribution >= 0.6 is 0 Å². The first-order valence-electron chi connectivity index (χ1n) is 10.6. The van der Waals surface area contributed by atoms with E-state index in [0.717, 1.165) is 24.8 Å². The minimum atomic E-state index is -3.58. The normalized spacial score (nSPS) is 18.3. The van der Waals surface area contributed by atoms with Crippen molar-refractivity contribution in [2.45, 2.75) is 43.0 Å². The summed E-state index contributed by atoms with van der Waals surface area (Å²) in [4.78, 5) is 24.9. The third-order valence-corrected chi connectivity index (χ3v) is 8.13. The molecule has 1 aliphatic heterocycles. The summed E-state index contributed by atoms with van der Waals surface area (Å²) in [6, 6.07) is 13.4. The Bertz CT molecular complexity index is 1080. The van der Waals surface area contributed by atoms with Crippen LogP contribution in [-0.2, 0) is 32.5 Å². The highest BCUT2D eigenvalue weighted by Gasteiger charge is 2.34. The largest absolute Gasteiger partial charge is 0.368 e. The SMILES string of the molecule is NC(=O)C(NC(=O)C1CCN(S(=O)(=O)c2ccc3c(c2)CCC3)CC1)c1ccccc1. The van der Waals surface area contributed by atoms with Crippen LogP contribution in [0.1, 0.15) is 42.0 Å². The third-order valence-electron chi connectivity index (χ3n) is 6.24. The van der Waals surface area contributed by atoms with Crippen molar-refractivity contribution in [3.8, 4) is 0 Å². The van der Waals surface area contributed by atoms with Crippen molar-refractivity contribution in [1.82, 2.24) is 9.62 Å². The van der Waals surface area contributed by atoms with Crippen LogP contribution in [0, 0.1) is 5.92 Å². The molecule has 1 unspecified atom stereocenters. The molecule has 0 radical (unpaired) electrons. The fraction of sp³-hybridized carbons (Fsp3) is 0.391. The molecular weight excluding hydrogens is 414 g/mol. The molecule has 8 heteroatoms. The van der Waals surface area contributed by atoms with Gasteiger partial charge in [-0.1, -0.05) is 36.4 Å². The second kappa shape index (κ2) is 8.80. The molecule has 0 saturated carbocycles. The second-order valence-electron chi connectivity index (χ2n) is 8.22. The molecule has 2 aliphatic rings. The van der Waals surface area contributed by atoms with E-state index in [0.29, 0.717) is 23.3 Å². The van der Waals surface area contributed by atoms with Crippen molar-refractivity contribution in [2.24, 2.45) is 11.7 Å². The van der Waals surface area contributed by atoms with Gasteiger partial charge in [0.1, 0.15) is 6.04 Å².